The molecule has 3 aromatic carbocycles. The van der Waals surface area contributed by atoms with Gasteiger partial charge < -0.3 is 14.6 Å². The van der Waals surface area contributed by atoms with E-state index in [0.29, 0.717) is 6.61 Å². The molecule has 1 N–H and O–H groups in total. The van der Waals surface area contributed by atoms with E-state index in [9.17, 15) is 5.11 Å². The molecule has 0 amide bonds. The number of fused-ring (bicyclic) bond motifs is 1. The largest absolute Gasteiger partial charge is 0.492 e. The van der Waals surface area contributed by atoms with E-state index in [1.165, 1.54) is 29.2 Å². The Hall–Kier alpha value is -2.56. The van der Waals surface area contributed by atoms with E-state index in [0.717, 1.165) is 43.1 Å². The first-order valence-corrected chi connectivity index (χ1v) is 11.9. The van der Waals surface area contributed by atoms with Crippen LogP contribution in [0.2, 0.25) is 0 Å². The van der Waals surface area contributed by atoms with Crippen LogP contribution in [-0.4, -0.2) is 49.0 Å². The molecule has 0 spiro atoms. The monoisotopic (exact) mass is 435 g/mol. The molecular formula is C28H37NO3. The van der Waals surface area contributed by atoms with Gasteiger partial charge in [-0.2, -0.15) is 0 Å². The summed E-state index contributed by atoms with van der Waals surface area (Å²) >= 11 is 0. The summed E-state index contributed by atoms with van der Waals surface area (Å²) in [6, 6.07) is 20.8. The molecular weight excluding hydrogens is 398 g/mol. The first kappa shape index (κ1) is 24.1. The number of rotatable bonds is 13. The summed E-state index contributed by atoms with van der Waals surface area (Å²) in [4.78, 5) is 2.46. The van der Waals surface area contributed by atoms with Crippen molar-refractivity contribution in [2.45, 2.75) is 46.1 Å². The molecule has 32 heavy (non-hydrogen) atoms. The third-order valence-corrected chi connectivity index (χ3v) is 5.54. The highest BCUT2D eigenvalue weighted by molar-refractivity contribution is 5.88. The zero-order valence-corrected chi connectivity index (χ0v) is 19.7. The quantitative estimate of drug-likeness (QED) is 0.374. The Balaban J connectivity index is 1.68. The molecule has 0 aliphatic heterocycles. The Kier molecular flexibility index (Phi) is 9.39. The molecule has 0 aromatic heterocycles. The maximum atomic E-state index is 9.66. The molecule has 3 rings (SSSR count). The number of nitrogens with zero attached hydrogens (tertiary/aromatic N) is 1. The van der Waals surface area contributed by atoms with Crippen molar-refractivity contribution in [3.63, 3.8) is 0 Å². The lowest BCUT2D eigenvalue weighted by atomic mass is 9.97. The lowest BCUT2D eigenvalue weighted by molar-refractivity contribution is 0.122. The van der Waals surface area contributed by atoms with Crippen LogP contribution in [0.1, 0.15) is 44.7 Å². The van der Waals surface area contributed by atoms with Crippen LogP contribution >= 0.6 is 0 Å². The van der Waals surface area contributed by atoms with Crippen LogP contribution < -0.4 is 9.47 Å². The summed E-state index contributed by atoms with van der Waals surface area (Å²) < 4.78 is 11.9. The number of ether oxygens (including phenoxy) is 2. The van der Waals surface area contributed by atoms with Gasteiger partial charge in [0.05, 0.1) is 6.10 Å². The van der Waals surface area contributed by atoms with Crippen molar-refractivity contribution < 1.29 is 14.6 Å². The van der Waals surface area contributed by atoms with Crippen molar-refractivity contribution in [2.75, 3.05) is 32.8 Å². The summed E-state index contributed by atoms with van der Waals surface area (Å²) in [6.07, 6.45) is 2.60. The molecule has 0 aliphatic carbocycles. The van der Waals surface area contributed by atoms with Crippen LogP contribution in [0.25, 0.3) is 10.8 Å². The number of hydrogen-bond donors (Lipinski definition) is 1. The van der Waals surface area contributed by atoms with Gasteiger partial charge in [0.25, 0.3) is 0 Å². The lowest BCUT2D eigenvalue weighted by Gasteiger charge is -2.21. The van der Waals surface area contributed by atoms with Crippen LogP contribution in [0.4, 0.5) is 0 Å². The van der Waals surface area contributed by atoms with Gasteiger partial charge in [-0.25, -0.2) is 0 Å². The number of aliphatic hydroxyl groups is 1. The van der Waals surface area contributed by atoms with Crippen molar-refractivity contribution in [2.24, 2.45) is 0 Å². The molecule has 0 bridgehead atoms. The second kappa shape index (κ2) is 12.5. The molecule has 0 saturated heterocycles. The topological polar surface area (TPSA) is 41.9 Å². The van der Waals surface area contributed by atoms with E-state index in [-0.39, 0.29) is 6.61 Å². The molecule has 0 aliphatic rings. The van der Waals surface area contributed by atoms with Crippen molar-refractivity contribution in [3.8, 4) is 11.5 Å². The molecule has 1 atom stereocenters. The highest BCUT2D eigenvalue weighted by Gasteiger charge is 2.11. The fourth-order valence-corrected chi connectivity index (χ4v) is 4.01. The fourth-order valence-electron chi connectivity index (χ4n) is 4.01. The molecule has 0 heterocycles. The van der Waals surface area contributed by atoms with Crippen molar-refractivity contribution in [1.82, 2.24) is 4.90 Å². The third-order valence-electron chi connectivity index (χ3n) is 5.54. The van der Waals surface area contributed by atoms with Gasteiger partial charge in [-0.1, -0.05) is 56.3 Å². The Morgan fingerprint density at radius 2 is 1.56 bits per heavy atom. The average Bonchev–Trinajstić information content (AvgIpc) is 2.80. The number of hydrogen-bond acceptors (Lipinski definition) is 4. The SMILES string of the molecule is CCCN(CCC)CCOc1ccc(Cc2c(OCC(C)O)ccc3ccccc23)cc1. The van der Waals surface area contributed by atoms with Gasteiger partial charge in [0.2, 0.25) is 0 Å². The van der Waals surface area contributed by atoms with Crippen LogP contribution in [-0.2, 0) is 6.42 Å². The van der Waals surface area contributed by atoms with Crippen LogP contribution in [0, 0.1) is 0 Å². The smallest absolute Gasteiger partial charge is 0.123 e. The summed E-state index contributed by atoms with van der Waals surface area (Å²) in [5.74, 6) is 1.74. The van der Waals surface area contributed by atoms with E-state index < -0.39 is 6.10 Å². The lowest BCUT2D eigenvalue weighted by Crippen LogP contribution is -2.30. The van der Waals surface area contributed by atoms with Gasteiger partial charge >= 0.3 is 0 Å². The highest BCUT2D eigenvalue weighted by atomic mass is 16.5. The number of benzene rings is 3. The molecule has 0 saturated carbocycles. The molecule has 0 radical (unpaired) electrons. The van der Waals surface area contributed by atoms with Gasteiger partial charge in [0.1, 0.15) is 24.7 Å². The van der Waals surface area contributed by atoms with Gasteiger partial charge in [-0.05, 0) is 67.4 Å². The van der Waals surface area contributed by atoms with E-state index in [1.807, 2.05) is 6.07 Å². The van der Waals surface area contributed by atoms with Crippen molar-refractivity contribution in [1.29, 1.82) is 0 Å². The molecule has 4 nitrogen and oxygen atoms in total. The summed E-state index contributed by atoms with van der Waals surface area (Å²) in [6.45, 7) is 10.4. The Labute approximate surface area is 192 Å². The Morgan fingerprint density at radius 3 is 2.25 bits per heavy atom. The molecule has 1 unspecified atom stereocenters. The third kappa shape index (κ3) is 6.98. The number of aliphatic hydroxyl groups excluding tert-OH is 1. The predicted molar refractivity (Wildman–Crippen MR) is 133 cm³/mol. The maximum Gasteiger partial charge on any atom is 0.123 e. The minimum atomic E-state index is -0.503. The van der Waals surface area contributed by atoms with E-state index in [1.54, 1.807) is 6.92 Å². The first-order chi connectivity index (χ1) is 15.6. The Morgan fingerprint density at radius 1 is 0.844 bits per heavy atom. The van der Waals surface area contributed by atoms with E-state index >= 15 is 0 Å². The second-order valence-electron chi connectivity index (χ2n) is 8.43. The normalized spacial score (nSPS) is 12.3. The van der Waals surface area contributed by atoms with Gasteiger partial charge in [-0.3, -0.25) is 4.90 Å². The molecule has 172 valence electrons. The zero-order chi connectivity index (χ0) is 22.8. The maximum absolute atomic E-state index is 9.66. The summed E-state index contributed by atoms with van der Waals surface area (Å²) in [5.41, 5.74) is 2.35. The van der Waals surface area contributed by atoms with E-state index in [2.05, 4.69) is 73.3 Å². The van der Waals surface area contributed by atoms with Crippen molar-refractivity contribution >= 4 is 10.8 Å². The first-order valence-electron chi connectivity index (χ1n) is 11.9. The summed E-state index contributed by atoms with van der Waals surface area (Å²) in [7, 11) is 0. The molecule has 3 aromatic rings. The van der Waals surface area contributed by atoms with Crippen LogP contribution in [0.15, 0.2) is 60.7 Å². The highest BCUT2D eigenvalue weighted by Crippen LogP contribution is 2.31. The average molecular weight is 436 g/mol. The van der Waals surface area contributed by atoms with Gasteiger partial charge in [-0.15, -0.1) is 0 Å². The van der Waals surface area contributed by atoms with Crippen LogP contribution in [0.5, 0.6) is 11.5 Å². The van der Waals surface area contributed by atoms with Gasteiger partial charge in [0.15, 0.2) is 0 Å². The minimum Gasteiger partial charge on any atom is -0.492 e. The molecule has 4 heteroatoms. The minimum absolute atomic E-state index is 0.283. The summed E-state index contributed by atoms with van der Waals surface area (Å²) in [5, 5.41) is 12.0. The van der Waals surface area contributed by atoms with Crippen LogP contribution in [0.3, 0.4) is 0 Å². The predicted octanol–water partition coefficient (Wildman–Crippen LogP) is 5.69. The fraction of sp³-hybridized carbons (Fsp3) is 0.429. The Bertz CT molecular complexity index is 947. The van der Waals surface area contributed by atoms with E-state index in [4.69, 9.17) is 9.47 Å². The zero-order valence-electron chi connectivity index (χ0n) is 19.7. The van der Waals surface area contributed by atoms with Gasteiger partial charge in [0, 0.05) is 18.5 Å². The van der Waals surface area contributed by atoms with Crippen molar-refractivity contribution in [3.05, 3.63) is 71.8 Å². The molecule has 0 fully saturated rings. The standard InChI is InChI=1S/C28H37NO3/c1-4-16-29(17-5-2)18-19-31-25-13-10-23(11-14-25)20-27-26-9-7-6-8-24(26)12-15-28(27)32-21-22(3)30/h6-15,22,30H,4-5,16-21H2,1-3H3. The second-order valence-corrected chi connectivity index (χ2v) is 8.43.